The first-order valence-corrected chi connectivity index (χ1v) is 20.2. The second kappa shape index (κ2) is 23.3. The number of rotatable bonds is 17. The fourth-order valence-electron chi connectivity index (χ4n) is 5.79. The molecule has 3 amide bonds. The molecule has 0 saturated heterocycles. The van der Waals surface area contributed by atoms with Crippen molar-refractivity contribution < 1.29 is 33.7 Å². The van der Waals surface area contributed by atoms with Crippen LogP contribution in [-0.2, 0) is 14.2 Å². The number of carbonyl (C=O) groups excluding carboxylic acids is 3. The Labute approximate surface area is 323 Å². The first-order chi connectivity index (χ1) is 24.6. The molecule has 1 aliphatic rings. The van der Waals surface area contributed by atoms with E-state index in [0.29, 0.717) is 33.9 Å². The maximum absolute atomic E-state index is 12.6. The smallest absolute Gasteiger partial charge is 0.489 e. The van der Waals surface area contributed by atoms with Gasteiger partial charge in [0.2, 0.25) is 11.8 Å². The van der Waals surface area contributed by atoms with Crippen LogP contribution in [0, 0.1) is 17.8 Å². The molecule has 6 N–H and O–H groups in total. The number of nitrogens with zero attached hydrogens (tertiary/aromatic N) is 3. The molecule has 5 atom stereocenters. The lowest BCUT2D eigenvalue weighted by molar-refractivity contribution is -0.131. The van der Waals surface area contributed by atoms with E-state index in [9.17, 15) is 28.9 Å². The number of nitrogens with two attached hydrogens (primary N) is 1. The Morgan fingerprint density at radius 3 is 2.21 bits per heavy atom. The quantitative estimate of drug-likeness (QED) is 0.115. The van der Waals surface area contributed by atoms with Crippen LogP contribution >= 0.6 is 42.8 Å². The number of halogens is 3. The minimum Gasteiger partial charge on any atom is -0.489 e. The molecule has 3 rings (SSSR count). The Morgan fingerprint density at radius 1 is 1.06 bits per heavy atom. The van der Waals surface area contributed by atoms with Crippen LogP contribution in [-0.4, -0.2) is 92.4 Å². The van der Waals surface area contributed by atoms with Gasteiger partial charge in [-0.2, -0.15) is 4.89 Å². The van der Waals surface area contributed by atoms with Gasteiger partial charge in [0.15, 0.2) is 11.4 Å². The number of hydrogen-bond donors (Lipinski definition) is 5. The van der Waals surface area contributed by atoms with Crippen LogP contribution in [0.5, 0.6) is 5.75 Å². The van der Waals surface area contributed by atoms with E-state index in [2.05, 4.69) is 15.6 Å². The highest BCUT2D eigenvalue weighted by Crippen LogP contribution is 2.40. The average Bonchev–Trinajstić information content (AvgIpc) is 3.64. The summed E-state index contributed by atoms with van der Waals surface area (Å²) in [6, 6.07) is 1.51. The van der Waals surface area contributed by atoms with Gasteiger partial charge in [-0.05, 0) is 47.8 Å². The van der Waals surface area contributed by atoms with Crippen molar-refractivity contribution in [1.82, 2.24) is 25.1 Å². The van der Waals surface area contributed by atoms with Crippen molar-refractivity contribution in [2.45, 2.75) is 103 Å². The molecule has 0 radical (unpaired) electrons. The van der Waals surface area contributed by atoms with Crippen LogP contribution < -0.4 is 21.1 Å². The van der Waals surface area contributed by atoms with Gasteiger partial charge < -0.3 is 31.1 Å². The van der Waals surface area contributed by atoms with Crippen LogP contribution in [0.1, 0.15) is 79.6 Å². The summed E-state index contributed by atoms with van der Waals surface area (Å²) in [4.78, 5) is 52.4. The third kappa shape index (κ3) is 15.1. The van der Waals surface area contributed by atoms with E-state index >= 15 is 0 Å². The van der Waals surface area contributed by atoms with Gasteiger partial charge in [0.1, 0.15) is 19.0 Å². The highest BCUT2D eigenvalue weighted by molar-refractivity contribution is 7.38. The molecular formula is C35H55Cl3N6O7P+. The average molecular weight is 809 g/mol. The van der Waals surface area contributed by atoms with E-state index < -0.39 is 37.8 Å². The number of ether oxygens (including phenoxy) is 1. The number of aliphatic hydroxyl groups is 1. The Morgan fingerprint density at radius 2 is 1.69 bits per heavy atom. The zero-order valence-electron chi connectivity index (χ0n) is 30.6. The lowest BCUT2D eigenvalue weighted by Crippen LogP contribution is -2.55. The van der Waals surface area contributed by atoms with Gasteiger partial charge in [0, 0.05) is 42.8 Å². The van der Waals surface area contributed by atoms with Gasteiger partial charge >= 0.3 is 14.1 Å². The fraction of sp³-hybridized carbons (Fsp3) is 0.657. The Bertz CT molecular complexity index is 1410. The molecule has 1 fully saturated rings. The topological polar surface area (TPSA) is 189 Å². The van der Waals surface area contributed by atoms with E-state index in [4.69, 9.17) is 45.3 Å². The summed E-state index contributed by atoms with van der Waals surface area (Å²) in [7, 11) is -2.39. The molecule has 1 saturated carbocycles. The van der Waals surface area contributed by atoms with E-state index in [1.165, 1.54) is 10.9 Å². The molecule has 0 aliphatic heterocycles. The number of aromatic nitrogens is 2. The van der Waals surface area contributed by atoms with Gasteiger partial charge in [-0.3, -0.25) is 14.2 Å². The van der Waals surface area contributed by atoms with Crippen molar-refractivity contribution in [3.05, 3.63) is 45.9 Å². The van der Waals surface area contributed by atoms with Crippen molar-refractivity contribution in [3.63, 3.8) is 0 Å². The van der Waals surface area contributed by atoms with E-state index in [0.717, 1.165) is 38.5 Å². The predicted molar refractivity (Wildman–Crippen MR) is 205 cm³/mol. The summed E-state index contributed by atoms with van der Waals surface area (Å²) >= 11 is 18.0. The molecule has 2 unspecified atom stereocenters. The normalized spacial score (nSPS) is 15.9. The molecule has 1 heterocycles. The van der Waals surface area contributed by atoms with E-state index in [1.807, 2.05) is 34.6 Å². The van der Waals surface area contributed by atoms with Crippen molar-refractivity contribution in [1.29, 1.82) is 0 Å². The second-order valence-corrected chi connectivity index (χ2v) is 16.2. The van der Waals surface area contributed by atoms with Crippen molar-refractivity contribution in [2.24, 2.45) is 23.5 Å². The lowest BCUT2D eigenvalue weighted by Gasteiger charge is -2.26. The van der Waals surface area contributed by atoms with Crippen LogP contribution in [0.2, 0.25) is 15.1 Å². The fourth-order valence-corrected chi connectivity index (χ4v) is 7.80. The summed E-state index contributed by atoms with van der Waals surface area (Å²) in [6.07, 6.45) is 9.79. The maximum atomic E-state index is 12.6. The maximum Gasteiger partial charge on any atom is 0.509 e. The largest absolute Gasteiger partial charge is 0.509 e. The van der Waals surface area contributed by atoms with Crippen molar-refractivity contribution in [3.8, 4) is 5.75 Å². The van der Waals surface area contributed by atoms with E-state index in [-0.39, 0.29) is 49.3 Å². The monoisotopic (exact) mass is 807 g/mol. The zero-order chi connectivity index (χ0) is 39.0. The molecular weight excluding hydrogens is 754 g/mol. The molecule has 0 spiro atoms. The molecule has 1 aromatic carbocycles. The first kappa shape index (κ1) is 45.6. The number of carbonyl (C=O) groups is 3. The van der Waals surface area contributed by atoms with E-state index in [1.54, 1.807) is 29.4 Å². The number of benzene rings is 1. The van der Waals surface area contributed by atoms with Crippen molar-refractivity contribution in [2.75, 3.05) is 26.2 Å². The van der Waals surface area contributed by atoms with Crippen LogP contribution in [0.25, 0.3) is 0 Å². The Hall–Kier alpha value is -2.51. The van der Waals surface area contributed by atoms with Crippen LogP contribution in [0.4, 0.5) is 4.79 Å². The van der Waals surface area contributed by atoms with Gasteiger partial charge in [-0.1, -0.05) is 88.7 Å². The Balaban J connectivity index is 0.000000369. The summed E-state index contributed by atoms with van der Waals surface area (Å²) in [6.45, 7) is 10.6. The summed E-state index contributed by atoms with van der Waals surface area (Å²) in [5.74, 6) is -0.482. The number of nitrogens with one attached hydrogen (secondary N) is 2. The number of hydrogen-bond acceptors (Lipinski definition) is 8. The molecule has 52 heavy (non-hydrogen) atoms. The van der Waals surface area contributed by atoms with Crippen LogP contribution in [0.15, 0.2) is 30.9 Å². The second-order valence-electron chi connectivity index (χ2n) is 13.7. The minimum atomic E-state index is -2.39. The van der Waals surface area contributed by atoms with Crippen molar-refractivity contribution >= 4 is 60.7 Å². The number of imidazole rings is 1. The Kier molecular flexibility index (Phi) is 20.5. The molecule has 0 bridgehead atoms. The molecule has 2 aromatic rings. The molecule has 13 nitrogen and oxygen atoms in total. The van der Waals surface area contributed by atoms with Gasteiger partial charge in [-0.25, -0.2) is 9.78 Å². The summed E-state index contributed by atoms with van der Waals surface area (Å²) in [5.41, 5.74) is 5.39. The van der Waals surface area contributed by atoms with Gasteiger partial charge in [-0.15, -0.1) is 0 Å². The molecule has 1 aliphatic carbocycles. The summed E-state index contributed by atoms with van der Waals surface area (Å²) in [5, 5.41) is 16.8. The SMILES string of the molecule is CC(C)[C@@H](N)C(=O)N[C@@H](C(=O)NC[C@H](O)CC(C1CCCCC1)[P+](=O)O)C(C)C.CCCN(CCOc1c(Cl)cc(Cl)cc1Cl)C(=O)n1ccnc1. The standard InChI is InChI=1S/C20H38N3O5P.C15H16Cl3N3O2/c1-12(2)17(21)19(25)23-18(13(3)4)20(26)22-11-15(24)10-16(29(27)28)14-8-6-5-7-9-14;1-2-4-20(15(22)21-5-3-19-10-21)6-7-23-14-12(17)8-11(16)9-13(14)18/h12-18,24H,5-11,21H2,1-4H3,(H2-,22,23,25,26,27,28);3,5,8-10H,2,4,6-7H2,1H3/p+1/t15-,16?,17-,18-;/m1./s1. The van der Waals surface area contributed by atoms with Crippen LogP contribution in [0.3, 0.4) is 0 Å². The van der Waals surface area contributed by atoms with Gasteiger partial charge in [0.05, 0.1) is 28.7 Å². The lowest BCUT2D eigenvalue weighted by atomic mass is 9.85. The highest BCUT2D eigenvalue weighted by Gasteiger charge is 2.39. The first-order valence-electron chi connectivity index (χ1n) is 17.8. The zero-order valence-corrected chi connectivity index (χ0v) is 33.8. The molecule has 1 aromatic heterocycles. The highest BCUT2D eigenvalue weighted by atomic mass is 35.5. The van der Waals surface area contributed by atoms with Gasteiger partial charge in [0.25, 0.3) is 0 Å². The summed E-state index contributed by atoms with van der Waals surface area (Å²) < 4.78 is 18.9. The third-order valence-electron chi connectivity index (χ3n) is 8.83. The third-order valence-corrected chi connectivity index (χ3v) is 10.8. The predicted octanol–water partition coefficient (Wildman–Crippen LogP) is 6.26. The number of aliphatic hydroxyl groups excluding tert-OH is 1. The number of amides is 3. The molecule has 292 valence electrons. The molecule has 17 heteroatoms. The minimum absolute atomic E-state index is 0.0272.